The van der Waals surface area contributed by atoms with Gasteiger partial charge in [0.25, 0.3) is 0 Å². The number of hydrogen-bond acceptors (Lipinski definition) is 2. The molecule has 0 saturated heterocycles. The van der Waals surface area contributed by atoms with Gasteiger partial charge in [-0.15, -0.1) is 24.0 Å². The zero-order chi connectivity index (χ0) is 17.5. The predicted molar refractivity (Wildman–Crippen MR) is 114 cm³/mol. The summed E-state index contributed by atoms with van der Waals surface area (Å²) in [5.74, 6) is 0.439. The van der Waals surface area contributed by atoms with Gasteiger partial charge in [-0.2, -0.15) is 5.10 Å². The maximum Gasteiger partial charge on any atom is 0.191 e. The second-order valence-corrected chi connectivity index (χ2v) is 6.46. The highest BCUT2D eigenvalue weighted by atomic mass is 127. The number of benzene rings is 1. The summed E-state index contributed by atoms with van der Waals surface area (Å²) in [4.78, 5) is 4.18. The summed E-state index contributed by atoms with van der Waals surface area (Å²) < 4.78 is 16.0. The number of halogens is 3. The van der Waals surface area contributed by atoms with Crippen LogP contribution in [-0.2, 0) is 13.1 Å². The maximum atomic E-state index is 13.5. The van der Waals surface area contributed by atoms with Crippen molar-refractivity contribution in [1.82, 2.24) is 20.4 Å². The van der Waals surface area contributed by atoms with Crippen molar-refractivity contribution in [3.63, 3.8) is 0 Å². The third kappa shape index (κ3) is 6.93. The molecule has 0 fully saturated rings. The fourth-order valence-corrected chi connectivity index (χ4v) is 2.64. The maximum absolute atomic E-state index is 13.5. The molecular weight excluding hydrogens is 500 g/mol. The minimum atomic E-state index is -0.262. The molecule has 1 aromatic carbocycles. The van der Waals surface area contributed by atoms with Crippen molar-refractivity contribution in [3.8, 4) is 0 Å². The third-order valence-corrected chi connectivity index (χ3v) is 4.25. The van der Waals surface area contributed by atoms with Gasteiger partial charge in [0.15, 0.2) is 5.96 Å². The zero-order valence-corrected chi connectivity index (χ0v) is 18.6. The van der Waals surface area contributed by atoms with Crippen LogP contribution in [0.15, 0.2) is 33.7 Å². The molecule has 2 aromatic rings. The van der Waals surface area contributed by atoms with E-state index in [1.807, 2.05) is 17.7 Å². The molecule has 8 heteroatoms. The first-order valence-electron chi connectivity index (χ1n) is 7.89. The van der Waals surface area contributed by atoms with E-state index in [1.54, 1.807) is 13.1 Å². The molecule has 0 aliphatic rings. The second-order valence-electron chi connectivity index (χ2n) is 5.60. The fourth-order valence-electron chi connectivity index (χ4n) is 2.39. The van der Waals surface area contributed by atoms with E-state index < -0.39 is 0 Å². The molecule has 0 unspecified atom stereocenters. The van der Waals surface area contributed by atoms with Crippen LogP contribution in [0, 0.1) is 19.7 Å². The Balaban J connectivity index is 0.00000312. The SMILES string of the molecule is CN=C(NCCCn1nc(C)cc1C)NCc1ccc(Br)c(F)c1.I. The number of aryl methyl sites for hydroxylation is 3. The van der Waals surface area contributed by atoms with E-state index >= 15 is 0 Å². The van der Waals surface area contributed by atoms with Crippen molar-refractivity contribution in [3.05, 3.63) is 51.5 Å². The standard InChI is InChI=1S/C17H23BrFN5.HI/c1-12-9-13(2)24(23-12)8-4-7-21-17(20-3)22-11-14-5-6-15(18)16(19)10-14;/h5-6,9-10H,4,7-8,11H2,1-3H3,(H2,20,21,22);1H. The Morgan fingerprint density at radius 3 is 2.64 bits per heavy atom. The summed E-state index contributed by atoms with van der Waals surface area (Å²) in [6.07, 6.45) is 0.940. The fraction of sp³-hybridized carbons (Fsp3) is 0.412. The van der Waals surface area contributed by atoms with Crippen LogP contribution < -0.4 is 10.6 Å². The molecule has 0 aliphatic heterocycles. The molecule has 138 valence electrons. The van der Waals surface area contributed by atoms with Crippen LogP contribution in [0.2, 0.25) is 0 Å². The van der Waals surface area contributed by atoms with Crippen LogP contribution in [0.4, 0.5) is 4.39 Å². The van der Waals surface area contributed by atoms with Gasteiger partial charge in [-0.25, -0.2) is 4.39 Å². The van der Waals surface area contributed by atoms with Gasteiger partial charge in [-0.3, -0.25) is 9.67 Å². The van der Waals surface area contributed by atoms with Gasteiger partial charge in [0.05, 0.1) is 10.2 Å². The largest absolute Gasteiger partial charge is 0.356 e. The third-order valence-electron chi connectivity index (χ3n) is 3.61. The molecule has 5 nitrogen and oxygen atoms in total. The molecule has 1 aromatic heterocycles. The molecule has 0 amide bonds. The van der Waals surface area contributed by atoms with Gasteiger partial charge < -0.3 is 10.6 Å². The monoisotopic (exact) mass is 523 g/mol. The smallest absolute Gasteiger partial charge is 0.191 e. The molecule has 0 aliphatic carbocycles. The van der Waals surface area contributed by atoms with Crippen LogP contribution in [0.1, 0.15) is 23.4 Å². The summed E-state index contributed by atoms with van der Waals surface area (Å²) in [6, 6.07) is 7.16. The van der Waals surface area contributed by atoms with Gasteiger partial charge >= 0.3 is 0 Å². The van der Waals surface area contributed by atoms with Crippen molar-refractivity contribution in [2.75, 3.05) is 13.6 Å². The van der Waals surface area contributed by atoms with E-state index in [2.05, 4.69) is 49.6 Å². The Morgan fingerprint density at radius 1 is 1.28 bits per heavy atom. The van der Waals surface area contributed by atoms with E-state index in [0.717, 1.165) is 30.8 Å². The lowest BCUT2D eigenvalue weighted by Gasteiger charge is -2.12. The van der Waals surface area contributed by atoms with Crippen LogP contribution >= 0.6 is 39.9 Å². The van der Waals surface area contributed by atoms with Crippen molar-refractivity contribution in [2.45, 2.75) is 33.4 Å². The average molecular weight is 524 g/mol. The van der Waals surface area contributed by atoms with E-state index in [-0.39, 0.29) is 29.8 Å². The van der Waals surface area contributed by atoms with Crippen LogP contribution in [0.3, 0.4) is 0 Å². The molecule has 0 bridgehead atoms. The van der Waals surface area contributed by atoms with Crippen LogP contribution in [-0.4, -0.2) is 29.3 Å². The topological polar surface area (TPSA) is 54.2 Å². The summed E-state index contributed by atoms with van der Waals surface area (Å²) >= 11 is 3.15. The number of aromatic nitrogens is 2. The van der Waals surface area contributed by atoms with Crippen molar-refractivity contribution in [2.24, 2.45) is 4.99 Å². The molecule has 0 spiro atoms. The number of aliphatic imine (C=N–C) groups is 1. The minimum Gasteiger partial charge on any atom is -0.356 e. The summed E-state index contributed by atoms with van der Waals surface area (Å²) in [7, 11) is 1.72. The van der Waals surface area contributed by atoms with Crippen molar-refractivity contribution in [1.29, 1.82) is 0 Å². The highest BCUT2D eigenvalue weighted by Gasteiger charge is 2.03. The van der Waals surface area contributed by atoms with Gasteiger partial charge in [0.2, 0.25) is 0 Å². The minimum absolute atomic E-state index is 0. The molecule has 0 radical (unpaired) electrons. The van der Waals surface area contributed by atoms with E-state index in [4.69, 9.17) is 0 Å². The molecule has 0 saturated carbocycles. The quantitative estimate of drug-likeness (QED) is 0.262. The summed E-state index contributed by atoms with van der Waals surface area (Å²) in [5, 5.41) is 10.9. The van der Waals surface area contributed by atoms with Gasteiger partial charge in [0.1, 0.15) is 5.82 Å². The lowest BCUT2D eigenvalue weighted by atomic mass is 10.2. The van der Waals surface area contributed by atoms with Crippen molar-refractivity contribution < 1.29 is 4.39 Å². The average Bonchev–Trinajstić information content (AvgIpc) is 2.87. The highest BCUT2D eigenvalue weighted by molar-refractivity contribution is 14.0. The van der Waals surface area contributed by atoms with Gasteiger partial charge in [-0.05, 0) is 60.0 Å². The number of hydrogen-bond donors (Lipinski definition) is 2. The Bertz CT molecular complexity index is 717. The predicted octanol–water partition coefficient (Wildman–Crippen LogP) is 3.77. The number of guanidine groups is 1. The second kappa shape index (κ2) is 10.7. The Kier molecular flexibility index (Phi) is 9.41. The number of nitrogens with one attached hydrogen (secondary N) is 2. The van der Waals surface area contributed by atoms with Crippen LogP contribution in [0.5, 0.6) is 0 Å². The summed E-state index contributed by atoms with van der Waals surface area (Å²) in [5.41, 5.74) is 3.08. The molecular formula is C17H24BrFIN5. The first-order valence-corrected chi connectivity index (χ1v) is 8.68. The molecule has 2 N–H and O–H groups in total. The Hall–Kier alpha value is -1.16. The van der Waals surface area contributed by atoms with E-state index in [0.29, 0.717) is 17.0 Å². The first kappa shape index (κ1) is 21.9. The Morgan fingerprint density at radius 2 is 2.04 bits per heavy atom. The van der Waals surface area contributed by atoms with Crippen LogP contribution in [0.25, 0.3) is 0 Å². The van der Waals surface area contributed by atoms with E-state index in [9.17, 15) is 4.39 Å². The zero-order valence-electron chi connectivity index (χ0n) is 14.6. The number of rotatable bonds is 6. The normalized spacial score (nSPS) is 11.2. The van der Waals surface area contributed by atoms with E-state index in [1.165, 1.54) is 11.8 Å². The first-order chi connectivity index (χ1) is 11.5. The van der Waals surface area contributed by atoms with Crippen molar-refractivity contribution >= 4 is 45.9 Å². The Labute approximate surface area is 173 Å². The lowest BCUT2D eigenvalue weighted by molar-refractivity contribution is 0.555. The highest BCUT2D eigenvalue weighted by Crippen LogP contribution is 2.16. The number of nitrogens with zero attached hydrogens (tertiary/aromatic N) is 3. The molecule has 1 heterocycles. The van der Waals surface area contributed by atoms with Gasteiger partial charge in [0, 0.05) is 32.4 Å². The van der Waals surface area contributed by atoms with Gasteiger partial charge in [-0.1, -0.05) is 6.07 Å². The summed E-state index contributed by atoms with van der Waals surface area (Å²) in [6.45, 7) is 6.22. The molecule has 0 atom stereocenters. The molecule has 2 rings (SSSR count). The lowest BCUT2D eigenvalue weighted by Crippen LogP contribution is -2.37. The molecule has 25 heavy (non-hydrogen) atoms.